The van der Waals surface area contributed by atoms with Gasteiger partial charge in [-0.1, -0.05) is 22.0 Å². The molecule has 0 saturated heterocycles. The van der Waals surface area contributed by atoms with Gasteiger partial charge in [0.15, 0.2) is 5.82 Å². The first-order chi connectivity index (χ1) is 10.2. The molecule has 0 amide bonds. The van der Waals surface area contributed by atoms with Crippen molar-refractivity contribution in [2.75, 3.05) is 11.9 Å². The molecule has 3 rings (SSSR count). The van der Waals surface area contributed by atoms with E-state index in [-0.39, 0.29) is 0 Å². The lowest BCUT2D eigenvalue weighted by molar-refractivity contribution is 1.07. The predicted molar refractivity (Wildman–Crippen MR) is 87.0 cm³/mol. The number of hydrogen-bond donors (Lipinski definition) is 0. The van der Waals surface area contributed by atoms with Crippen molar-refractivity contribution in [1.29, 1.82) is 5.26 Å². The first-order valence-corrected chi connectivity index (χ1v) is 7.62. The molecule has 21 heavy (non-hydrogen) atoms. The van der Waals surface area contributed by atoms with Crippen LogP contribution in [-0.2, 0) is 5.33 Å². The average Bonchev–Trinajstić information content (AvgIpc) is 2.92. The van der Waals surface area contributed by atoms with Gasteiger partial charge in [-0.25, -0.2) is 4.98 Å². The van der Waals surface area contributed by atoms with E-state index in [2.05, 4.69) is 26.4 Å². The number of nitriles is 1. The standard InChI is InChI=1S/C16H13BrN4/c1-20(13-7-5-12(11-18)6-8-13)16-14(10-17)21-9-3-2-4-15(21)19-16/h2-9H,10H2,1H3. The number of benzene rings is 1. The summed E-state index contributed by atoms with van der Waals surface area (Å²) in [6.45, 7) is 0. The molecule has 0 saturated carbocycles. The number of nitrogens with zero attached hydrogens (tertiary/aromatic N) is 4. The fourth-order valence-corrected chi connectivity index (χ4v) is 2.83. The van der Waals surface area contributed by atoms with Gasteiger partial charge in [-0.3, -0.25) is 0 Å². The van der Waals surface area contributed by atoms with Crippen molar-refractivity contribution in [3.05, 3.63) is 59.9 Å². The molecule has 0 bridgehead atoms. The summed E-state index contributed by atoms with van der Waals surface area (Å²) < 4.78 is 2.07. The fraction of sp³-hybridized carbons (Fsp3) is 0.125. The van der Waals surface area contributed by atoms with E-state index in [4.69, 9.17) is 10.2 Å². The highest BCUT2D eigenvalue weighted by Gasteiger charge is 2.15. The lowest BCUT2D eigenvalue weighted by Gasteiger charge is -2.18. The molecule has 0 N–H and O–H groups in total. The van der Waals surface area contributed by atoms with Crippen LogP contribution in [0, 0.1) is 11.3 Å². The van der Waals surface area contributed by atoms with Crippen molar-refractivity contribution in [3.63, 3.8) is 0 Å². The third kappa shape index (κ3) is 2.39. The molecule has 1 aromatic carbocycles. The van der Waals surface area contributed by atoms with E-state index in [1.165, 1.54) is 0 Å². The van der Waals surface area contributed by atoms with Gasteiger partial charge in [0, 0.05) is 24.3 Å². The smallest absolute Gasteiger partial charge is 0.156 e. The molecular formula is C16H13BrN4. The summed E-state index contributed by atoms with van der Waals surface area (Å²) in [4.78, 5) is 6.73. The SMILES string of the molecule is CN(c1ccc(C#N)cc1)c1nc2ccccn2c1CBr. The molecule has 0 radical (unpaired) electrons. The Bertz CT molecular complexity index is 814. The molecule has 2 aromatic heterocycles. The van der Waals surface area contributed by atoms with Crippen LogP contribution in [0.3, 0.4) is 0 Å². The third-order valence-electron chi connectivity index (χ3n) is 3.44. The number of fused-ring (bicyclic) bond motifs is 1. The van der Waals surface area contributed by atoms with Gasteiger partial charge in [-0.2, -0.15) is 5.26 Å². The summed E-state index contributed by atoms with van der Waals surface area (Å²) in [6, 6.07) is 15.6. The molecule has 0 aliphatic carbocycles. The van der Waals surface area contributed by atoms with E-state index >= 15 is 0 Å². The van der Waals surface area contributed by atoms with E-state index < -0.39 is 0 Å². The minimum absolute atomic E-state index is 0.655. The Morgan fingerprint density at radius 2 is 2.00 bits per heavy atom. The van der Waals surface area contributed by atoms with Crippen LogP contribution >= 0.6 is 15.9 Å². The maximum atomic E-state index is 8.88. The molecule has 104 valence electrons. The Morgan fingerprint density at radius 3 is 2.67 bits per heavy atom. The van der Waals surface area contributed by atoms with E-state index in [9.17, 15) is 0 Å². The fourth-order valence-electron chi connectivity index (χ4n) is 2.31. The van der Waals surface area contributed by atoms with Crippen molar-refractivity contribution in [2.45, 2.75) is 5.33 Å². The number of imidazole rings is 1. The Balaban J connectivity index is 2.08. The number of alkyl halides is 1. The summed E-state index contributed by atoms with van der Waals surface area (Å²) >= 11 is 3.54. The van der Waals surface area contributed by atoms with Crippen LogP contribution in [0.15, 0.2) is 48.7 Å². The molecule has 0 unspecified atom stereocenters. The summed E-state index contributed by atoms with van der Waals surface area (Å²) in [7, 11) is 1.98. The monoisotopic (exact) mass is 340 g/mol. The molecule has 4 nitrogen and oxygen atoms in total. The highest BCUT2D eigenvalue weighted by atomic mass is 79.9. The van der Waals surface area contributed by atoms with Crippen molar-refractivity contribution >= 4 is 33.1 Å². The van der Waals surface area contributed by atoms with Gasteiger partial charge in [0.2, 0.25) is 0 Å². The van der Waals surface area contributed by atoms with Crippen LogP contribution in [0.4, 0.5) is 11.5 Å². The number of hydrogen-bond acceptors (Lipinski definition) is 3. The van der Waals surface area contributed by atoms with Crippen molar-refractivity contribution < 1.29 is 0 Å². The molecule has 5 heteroatoms. The van der Waals surface area contributed by atoms with Crippen LogP contribution in [0.25, 0.3) is 5.65 Å². The van der Waals surface area contributed by atoms with Crippen LogP contribution in [0.1, 0.15) is 11.3 Å². The second-order valence-electron chi connectivity index (χ2n) is 4.66. The zero-order valence-electron chi connectivity index (χ0n) is 11.5. The molecule has 0 aliphatic rings. The minimum Gasteiger partial charge on any atom is -0.328 e. The number of anilines is 2. The topological polar surface area (TPSA) is 44.3 Å². The van der Waals surface area contributed by atoms with Gasteiger partial charge >= 0.3 is 0 Å². The molecule has 3 aromatic rings. The van der Waals surface area contributed by atoms with Gasteiger partial charge in [-0.05, 0) is 36.4 Å². The van der Waals surface area contributed by atoms with E-state index in [1.54, 1.807) is 0 Å². The zero-order valence-corrected chi connectivity index (χ0v) is 13.1. The van der Waals surface area contributed by atoms with Gasteiger partial charge < -0.3 is 9.30 Å². The summed E-state index contributed by atoms with van der Waals surface area (Å²) in [6.07, 6.45) is 2.01. The highest BCUT2D eigenvalue weighted by molar-refractivity contribution is 9.08. The number of pyridine rings is 1. The van der Waals surface area contributed by atoms with Crippen LogP contribution in [0.2, 0.25) is 0 Å². The minimum atomic E-state index is 0.655. The molecule has 0 atom stereocenters. The van der Waals surface area contributed by atoms with Crippen LogP contribution in [0.5, 0.6) is 0 Å². The summed E-state index contributed by atoms with van der Waals surface area (Å²) in [5.74, 6) is 0.905. The Morgan fingerprint density at radius 1 is 1.24 bits per heavy atom. The van der Waals surface area contributed by atoms with Gasteiger partial charge in [-0.15, -0.1) is 0 Å². The summed E-state index contributed by atoms with van der Waals surface area (Å²) in [5, 5.41) is 9.59. The Labute approximate surface area is 131 Å². The van der Waals surface area contributed by atoms with Crippen LogP contribution in [-0.4, -0.2) is 16.4 Å². The van der Waals surface area contributed by atoms with E-state index in [0.29, 0.717) is 10.9 Å². The van der Waals surface area contributed by atoms with E-state index in [0.717, 1.165) is 22.8 Å². The molecule has 0 spiro atoms. The van der Waals surface area contributed by atoms with Gasteiger partial charge in [0.1, 0.15) is 5.65 Å². The van der Waals surface area contributed by atoms with Crippen LogP contribution < -0.4 is 4.90 Å². The zero-order chi connectivity index (χ0) is 14.8. The number of rotatable bonds is 3. The van der Waals surface area contributed by atoms with Gasteiger partial charge in [0.05, 0.1) is 17.3 Å². The quantitative estimate of drug-likeness (QED) is 0.680. The Hall–Kier alpha value is -2.32. The number of aromatic nitrogens is 2. The lowest BCUT2D eigenvalue weighted by atomic mass is 10.2. The molecule has 2 heterocycles. The second kappa shape index (κ2) is 5.58. The molecular weight excluding hydrogens is 328 g/mol. The van der Waals surface area contributed by atoms with Crippen molar-refractivity contribution in [2.24, 2.45) is 0 Å². The largest absolute Gasteiger partial charge is 0.328 e. The highest BCUT2D eigenvalue weighted by Crippen LogP contribution is 2.28. The molecule has 0 fully saturated rings. The van der Waals surface area contributed by atoms with Gasteiger partial charge in [0.25, 0.3) is 0 Å². The van der Waals surface area contributed by atoms with E-state index in [1.807, 2.05) is 60.6 Å². The maximum Gasteiger partial charge on any atom is 0.156 e. The molecule has 0 aliphatic heterocycles. The second-order valence-corrected chi connectivity index (χ2v) is 5.22. The first kappa shape index (κ1) is 13.7. The number of halogens is 1. The Kier molecular flexibility index (Phi) is 3.63. The average molecular weight is 341 g/mol. The summed E-state index contributed by atoms with van der Waals surface area (Å²) in [5.41, 5.74) is 3.67. The van der Waals surface area contributed by atoms with Crippen molar-refractivity contribution in [1.82, 2.24) is 9.38 Å². The first-order valence-electron chi connectivity index (χ1n) is 6.50. The maximum absolute atomic E-state index is 8.88. The van der Waals surface area contributed by atoms with Crippen molar-refractivity contribution in [3.8, 4) is 6.07 Å². The third-order valence-corrected chi connectivity index (χ3v) is 3.97. The normalized spacial score (nSPS) is 10.5. The predicted octanol–water partition coefficient (Wildman–Crippen LogP) is 3.87. The lowest BCUT2D eigenvalue weighted by Crippen LogP contribution is -2.11.